The molecule has 1 aliphatic rings. The van der Waals surface area contributed by atoms with E-state index in [4.69, 9.17) is 0 Å². The highest BCUT2D eigenvalue weighted by atomic mass is 16.2. The van der Waals surface area contributed by atoms with E-state index in [1.54, 1.807) is 0 Å². The van der Waals surface area contributed by atoms with Crippen molar-refractivity contribution in [3.63, 3.8) is 0 Å². The van der Waals surface area contributed by atoms with Crippen molar-refractivity contribution in [2.75, 3.05) is 12.4 Å². The Balaban J connectivity index is 2.13. The average Bonchev–Trinajstić information content (AvgIpc) is 2.57. The lowest BCUT2D eigenvalue weighted by Crippen LogP contribution is -2.31. The number of carbonyl (C=O) groups excluding carboxylic acids is 2. The van der Waals surface area contributed by atoms with Gasteiger partial charge in [-0.2, -0.15) is 0 Å². The molecule has 1 saturated heterocycles. The van der Waals surface area contributed by atoms with Crippen LogP contribution in [0.25, 0.3) is 0 Å². The number of carbonyl (C=O) groups is 2. The van der Waals surface area contributed by atoms with Crippen molar-refractivity contribution in [2.24, 2.45) is 0 Å². The third-order valence-electron chi connectivity index (χ3n) is 3.45. The first kappa shape index (κ1) is 12.6. The second-order valence-electron chi connectivity index (χ2n) is 4.69. The summed E-state index contributed by atoms with van der Waals surface area (Å²) in [5.74, 6) is -0.281. The van der Waals surface area contributed by atoms with Gasteiger partial charge in [0.25, 0.3) is 5.91 Å². The molecular weight excluding hydrogens is 228 g/mol. The quantitative estimate of drug-likeness (QED) is 0.826. The molecular formula is C14H18N2O2. The molecule has 4 heteroatoms. The van der Waals surface area contributed by atoms with Gasteiger partial charge in [0, 0.05) is 12.7 Å². The largest absolute Gasteiger partial charge is 0.373 e. The maximum Gasteiger partial charge on any atom is 0.251 e. The molecule has 0 bridgehead atoms. The summed E-state index contributed by atoms with van der Waals surface area (Å²) in [4.78, 5) is 24.4. The van der Waals surface area contributed by atoms with Crippen LogP contribution in [0.1, 0.15) is 24.5 Å². The number of hydrogen-bond acceptors (Lipinski definition) is 3. The molecule has 2 amide bonds. The number of hydrogen-bond donors (Lipinski definition) is 1. The molecule has 96 valence electrons. The van der Waals surface area contributed by atoms with Gasteiger partial charge in [-0.1, -0.05) is 13.0 Å². The van der Waals surface area contributed by atoms with Gasteiger partial charge >= 0.3 is 0 Å². The van der Waals surface area contributed by atoms with Crippen LogP contribution in [0.5, 0.6) is 0 Å². The fourth-order valence-electron chi connectivity index (χ4n) is 2.25. The second kappa shape index (κ2) is 4.80. The lowest BCUT2D eigenvalue weighted by molar-refractivity contribution is -0.136. The molecule has 0 aromatic heterocycles. The van der Waals surface area contributed by atoms with Crippen molar-refractivity contribution < 1.29 is 9.59 Å². The summed E-state index contributed by atoms with van der Waals surface area (Å²) in [5, 5.41) is 3.13. The van der Waals surface area contributed by atoms with Gasteiger partial charge in [-0.05, 0) is 36.6 Å². The number of nitrogens with one attached hydrogen (secondary N) is 1. The van der Waals surface area contributed by atoms with Crippen LogP contribution >= 0.6 is 0 Å². The predicted molar refractivity (Wildman–Crippen MR) is 70.4 cm³/mol. The summed E-state index contributed by atoms with van der Waals surface area (Å²) in [6.45, 7) is 4.17. The molecule has 0 aliphatic carbocycles. The molecule has 2 rings (SSSR count). The number of likely N-dealkylation sites (N-methyl/N-ethyl adjacent to an activating group) is 1. The van der Waals surface area contributed by atoms with E-state index in [0.29, 0.717) is 0 Å². The Morgan fingerprint density at radius 3 is 2.61 bits per heavy atom. The van der Waals surface area contributed by atoms with Crippen molar-refractivity contribution in [3.8, 4) is 0 Å². The molecule has 1 atom stereocenters. The molecule has 1 N–H and O–H groups in total. The number of aryl methyl sites for hydroxylation is 2. The van der Waals surface area contributed by atoms with Crippen LogP contribution in [0.3, 0.4) is 0 Å². The third kappa shape index (κ3) is 2.23. The van der Waals surface area contributed by atoms with Gasteiger partial charge in [-0.25, -0.2) is 0 Å². The molecule has 0 spiro atoms. The summed E-state index contributed by atoms with van der Waals surface area (Å²) >= 11 is 0. The van der Waals surface area contributed by atoms with Gasteiger partial charge in [0.2, 0.25) is 5.91 Å². The molecule has 1 aromatic rings. The summed E-state index contributed by atoms with van der Waals surface area (Å²) in [6.07, 6.45) is 1.24. The Morgan fingerprint density at radius 2 is 2.11 bits per heavy atom. The first-order valence-electron chi connectivity index (χ1n) is 6.19. The number of anilines is 1. The van der Waals surface area contributed by atoms with Gasteiger partial charge in [-0.15, -0.1) is 0 Å². The van der Waals surface area contributed by atoms with Crippen molar-refractivity contribution in [3.05, 3.63) is 29.3 Å². The third-order valence-corrected chi connectivity index (χ3v) is 3.45. The molecule has 1 aromatic carbocycles. The second-order valence-corrected chi connectivity index (χ2v) is 4.69. The van der Waals surface area contributed by atoms with E-state index < -0.39 is 6.04 Å². The molecule has 1 aliphatic heterocycles. The van der Waals surface area contributed by atoms with E-state index in [9.17, 15) is 9.59 Å². The maximum absolute atomic E-state index is 11.8. The Hall–Kier alpha value is -1.84. The smallest absolute Gasteiger partial charge is 0.251 e. The monoisotopic (exact) mass is 246 g/mol. The van der Waals surface area contributed by atoms with Crippen molar-refractivity contribution in [1.82, 2.24) is 4.90 Å². The highest BCUT2D eigenvalue weighted by molar-refractivity contribution is 6.06. The van der Waals surface area contributed by atoms with E-state index >= 15 is 0 Å². The number of imide groups is 1. The summed E-state index contributed by atoms with van der Waals surface area (Å²) in [5.41, 5.74) is 3.39. The minimum atomic E-state index is -0.422. The van der Waals surface area contributed by atoms with Crippen LogP contribution in [-0.4, -0.2) is 29.8 Å². The SMILES string of the molecule is CCc1ccc(NC2CC(=O)N(C)C2=O)cc1C. The van der Waals surface area contributed by atoms with Crippen LogP contribution in [-0.2, 0) is 16.0 Å². The van der Waals surface area contributed by atoms with Crippen molar-refractivity contribution >= 4 is 17.5 Å². The fourth-order valence-corrected chi connectivity index (χ4v) is 2.25. The highest BCUT2D eigenvalue weighted by Crippen LogP contribution is 2.20. The standard InChI is InChI=1S/C14H18N2O2/c1-4-10-5-6-11(7-9(10)2)15-12-8-13(17)16(3)14(12)18/h5-7,12,15H,4,8H2,1-3H3. The van der Waals surface area contributed by atoms with Gasteiger partial charge in [-0.3, -0.25) is 14.5 Å². The molecule has 18 heavy (non-hydrogen) atoms. The number of nitrogens with zero attached hydrogens (tertiary/aromatic N) is 1. The summed E-state index contributed by atoms with van der Waals surface area (Å²) in [7, 11) is 1.53. The van der Waals surface area contributed by atoms with Gasteiger partial charge < -0.3 is 5.32 Å². The number of rotatable bonds is 3. The first-order chi connectivity index (χ1) is 8.52. The minimum absolute atomic E-state index is 0.126. The van der Waals surface area contributed by atoms with E-state index in [1.807, 2.05) is 12.1 Å². The van der Waals surface area contributed by atoms with Gasteiger partial charge in [0.1, 0.15) is 6.04 Å². The van der Waals surface area contributed by atoms with Crippen LogP contribution in [0, 0.1) is 6.92 Å². The summed E-state index contributed by atoms with van der Waals surface area (Å²) < 4.78 is 0. The molecule has 4 nitrogen and oxygen atoms in total. The zero-order valence-corrected chi connectivity index (χ0v) is 11.0. The van der Waals surface area contributed by atoms with Crippen LogP contribution in [0.15, 0.2) is 18.2 Å². The normalized spacial score (nSPS) is 19.5. The van der Waals surface area contributed by atoms with Crippen LogP contribution < -0.4 is 5.32 Å². The van der Waals surface area contributed by atoms with Crippen molar-refractivity contribution in [1.29, 1.82) is 0 Å². The molecule has 0 radical (unpaired) electrons. The first-order valence-corrected chi connectivity index (χ1v) is 6.19. The van der Waals surface area contributed by atoms with Crippen molar-refractivity contribution in [2.45, 2.75) is 32.7 Å². The molecule has 1 fully saturated rings. The topological polar surface area (TPSA) is 49.4 Å². The minimum Gasteiger partial charge on any atom is -0.373 e. The predicted octanol–water partition coefficient (Wildman–Crippen LogP) is 1.73. The molecule has 0 saturated carbocycles. The fraction of sp³-hybridized carbons (Fsp3) is 0.429. The maximum atomic E-state index is 11.8. The summed E-state index contributed by atoms with van der Waals surface area (Å²) in [6, 6.07) is 5.62. The number of amides is 2. The Labute approximate surface area is 107 Å². The Morgan fingerprint density at radius 1 is 1.39 bits per heavy atom. The van der Waals surface area contributed by atoms with Crippen LogP contribution in [0.4, 0.5) is 5.69 Å². The van der Waals surface area contributed by atoms with E-state index in [0.717, 1.165) is 12.1 Å². The lowest BCUT2D eigenvalue weighted by atomic mass is 10.1. The average molecular weight is 246 g/mol. The van der Waals surface area contributed by atoms with Crippen LogP contribution in [0.2, 0.25) is 0 Å². The van der Waals surface area contributed by atoms with E-state index in [2.05, 4.69) is 25.2 Å². The zero-order chi connectivity index (χ0) is 13.3. The highest BCUT2D eigenvalue weighted by Gasteiger charge is 2.35. The van der Waals surface area contributed by atoms with Gasteiger partial charge in [0.05, 0.1) is 6.42 Å². The Kier molecular flexibility index (Phi) is 3.36. The zero-order valence-electron chi connectivity index (χ0n) is 11.0. The number of likely N-dealkylation sites (tertiary alicyclic amines) is 1. The Bertz CT molecular complexity index is 497. The number of benzene rings is 1. The lowest BCUT2D eigenvalue weighted by Gasteiger charge is -2.14. The van der Waals surface area contributed by atoms with E-state index in [-0.39, 0.29) is 18.2 Å². The van der Waals surface area contributed by atoms with Gasteiger partial charge in [0.15, 0.2) is 0 Å². The van der Waals surface area contributed by atoms with E-state index in [1.165, 1.54) is 23.1 Å². The molecule has 1 unspecified atom stereocenters. The molecule has 1 heterocycles.